The van der Waals surface area contributed by atoms with Crippen molar-refractivity contribution >= 4 is 23.2 Å². The Labute approximate surface area is 113 Å². The number of carboxylic acids is 1. The quantitative estimate of drug-likeness (QED) is 0.793. The molecular weight excluding hydrogens is 266 g/mol. The molecule has 2 aromatic heterocycles. The average Bonchev–Trinajstić information content (AvgIpc) is 2.96. The molecule has 2 heterocycles. The van der Waals surface area contributed by atoms with Crippen LogP contribution >= 0.6 is 11.3 Å². The first-order valence-corrected chi connectivity index (χ1v) is 6.50. The number of thiazole rings is 1. The minimum absolute atomic E-state index is 0.314. The number of nitrogens with zero attached hydrogens (tertiary/aromatic N) is 1. The second kappa shape index (κ2) is 5.23. The first-order valence-electron chi connectivity index (χ1n) is 5.62. The molecule has 1 atom stereocenters. The maximum Gasteiger partial charge on any atom is 0.325 e. The molecule has 3 N–H and O–H groups in total. The van der Waals surface area contributed by atoms with Gasteiger partial charge in [0.1, 0.15) is 11.7 Å². The first kappa shape index (κ1) is 13.3. The van der Waals surface area contributed by atoms with Gasteiger partial charge in [0.05, 0.1) is 10.7 Å². The number of aryl methyl sites for hydroxylation is 1. The highest BCUT2D eigenvalue weighted by atomic mass is 32.1. The smallest absolute Gasteiger partial charge is 0.325 e. The van der Waals surface area contributed by atoms with E-state index in [1.165, 1.54) is 18.3 Å². The third-order valence-electron chi connectivity index (χ3n) is 2.56. The number of rotatable bonds is 4. The van der Waals surface area contributed by atoms with E-state index in [0.717, 1.165) is 16.3 Å². The largest absolute Gasteiger partial charge is 0.480 e. The molecule has 2 aromatic rings. The summed E-state index contributed by atoms with van der Waals surface area (Å²) in [5.41, 5.74) is 1.91. The molecule has 1 amide bonds. The topological polar surface area (TPSA) is 95.1 Å². The third-order valence-corrected chi connectivity index (χ3v) is 3.33. The molecule has 1 unspecified atom stereocenters. The van der Waals surface area contributed by atoms with Crippen LogP contribution in [0.5, 0.6) is 0 Å². The summed E-state index contributed by atoms with van der Waals surface area (Å²) in [6.07, 6.45) is 1.68. The van der Waals surface area contributed by atoms with Gasteiger partial charge in [0.15, 0.2) is 0 Å². The molecule has 0 saturated carbocycles. The lowest BCUT2D eigenvalue weighted by atomic mass is 10.2. The number of aliphatic carboxylic acids is 1. The van der Waals surface area contributed by atoms with E-state index in [-0.39, 0.29) is 0 Å². The van der Waals surface area contributed by atoms with Gasteiger partial charge in [-0.25, -0.2) is 4.98 Å². The molecule has 0 bridgehead atoms. The lowest BCUT2D eigenvalue weighted by Gasteiger charge is -2.07. The molecular formula is C12H13N3O3S. The van der Waals surface area contributed by atoms with Crippen LogP contribution in [-0.2, 0) is 4.79 Å². The Bertz CT molecular complexity index is 617. The van der Waals surface area contributed by atoms with Gasteiger partial charge < -0.3 is 15.4 Å². The lowest BCUT2D eigenvalue weighted by Crippen LogP contribution is -2.38. The summed E-state index contributed by atoms with van der Waals surface area (Å²) < 4.78 is 0. The summed E-state index contributed by atoms with van der Waals surface area (Å²) >= 11 is 1.53. The van der Waals surface area contributed by atoms with Crippen molar-refractivity contribution in [2.45, 2.75) is 19.9 Å². The van der Waals surface area contributed by atoms with Gasteiger partial charge in [-0.05, 0) is 19.9 Å². The fourth-order valence-electron chi connectivity index (χ4n) is 1.51. The molecule has 0 radical (unpaired) electrons. The molecule has 0 aliphatic rings. The van der Waals surface area contributed by atoms with Crippen molar-refractivity contribution in [2.75, 3.05) is 0 Å². The van der Waals surface area contributed by atoms with Crippen LogP contribution in [0.2, 0.25) is 0 Å². The Kier molecular flexibility index (Phi) is 3.66. The minimum Gasteiger partial charge on any atom is -0.480 e. The molecule has 0 spiro atoms. The predicted molar refractivity (Wildman–Crippen MR) is 71.2 cm³/mol. The van der Waals surface area contributed by atoms with Crippen LogP contribution < -0.4 is 5.32 Å². The van der Waals surface area contributed by atoms with Gasteiger partial charge in [0.2, 0.25) is 0 Å². The fourth-order valence-corrected chi connectivity index (χ4v) is 2.13. The van der Waals surface area contributed by atoms with E-state index in [0.29, 0.717) is 5.69 Å². The van der Waals surface area contributed by atoms with Crippen molar-refractivity contribution in [3.05, 3.63) is 28.3 Å². The first-order chi connectivity index (χ1) is 8.97. The molecule has 6 nitrogen and oxygen atoms in total. The summed E-state index contributed by atoms with van der Waals surface area (Å²) in [6, 6.07) is 0.721. The number of hydrogen-bond donors (Lipinski definition) is 3. The molecule has 2 rings (SSSR count). The molecule has 0 aliphatic carbocycles. The lowest BCUT2D eigenvalue weighted by molar-refractivity contribution is -0.138. The number of amides is 1. The number of aromatic nitrogens is 2. The normalized spacial score (nSPS) is 12.1. The molecule has 0 fully saturated rings. The number of carboxylic acid groups (broad SMARTS) is 1. The second-order valence-corrected chi connectivity index (χ2v) is 5.15. The number of carbonyl (C=O) groups excluding carboxylic acids is 1. The van der Waals surface area contributed by atoms with E-state index < -0.39 is 17.9 Å². The highest BCUT2D eigenvalue weighted by Crippen LogP contribution is 2.22. The zero-order valence-electron chi connectivity index (χ0n) is 10.4. The fraction of sp³-hybridized carbons (Fsp3) is 0.250. The monoisotopic (exact) mass is 279 g/mol. The highest BCUT2D eigenvalue weighted by Gasteiger charge is 2.17. The number of hydrogen-bond acceptors (Lipinski definition) is 4. The molecule has 19 heavy (non-hydrogen) atoms. The van der Waals surface area contributed by atoms with Gasteiger partial charge in [-0.15, -0.1) is 11.3 Å². The maximum absolute atomic E-state index is 11.8. The van der Waals surface area contributed by atoms with E-state index in [4.69, 9.17) is 5.11 Å². The summed E-state index contributed by atoms with van der Waals surface area (Å²) in [5.74, 6) is -1.52. The number of carbonyl (C=O) groups is 2. The molecule has 0 aliphatic heterocycles. The van der Waals surface area contributed by atoms with Gasteiger partial charge in [0.25, 0.3) is 5.91 Å². The van der Waals surface area contributed by atoms with Gasteiger partial charge in [-0.2, -0.15) is 0 Å². The van der Waals surface area contributed by atoms with Gasteiger partial charge >= 0.3 is 5.97 Å². The van der Waals surface area contributed by atoms with Crippen molar-refractivity contribution in [3.63, 3.8) is 0 Å². The van der Waals surface area contributed by atoms with Crippen LogP contribution in [0.15, 0.2) is 17.6 Å². The second-order valence-electron chi connectivity index (χ2n) is 4.09. The van der Waals surface area contributed by atoms with Crippen LogP contribution in [0.1, 0.15) is 22.4 Å². The molecule has 100 valence electrons. The Morgan fingerprint density at radius 3 is 2.84 bits per heavy atom. The van der Waals surface area contributed by atoms with E-state index in [9.17, 15) is 9.59 Å². The van der Waals surface area contributed by atoms with Crippen LogP contribution in [0.3, 0.4) is 0 Å². The van der Waals surface area contributed by atoms with Crippen molar-refractivity contribution in [2.24, 2.45) is 0 Å². The summed E-state index contributed by atoms with van der Waals surface area (Å²) in [6.45, 7) is 3.32. The van der Waals surface area contributed by atoms with E-state index >= 15 is 0 Å². The van der Waals surface area contributed by atoms with Crippen molar-refractivity contribution in [1.29, 1.82) is 0 Å². The summed E-state index contributed by atoms with van der Waals surface area (Å²) in [5, 5.41) is 14.0. The van der Waals surface area contributed by atoms with Crippen LogP contribution in [-0.4, -0.2) is 33.0 Å². The molecule has 0 aromatic carbocycles. The van der Waals surface area contributed by atoms with E-state index in [2.05, 4.69) is 15.3 Å². The zero-order valence-corrected chi connectivity index (χ0v) is 11.2. The Morgan fingerprint density at radius 2 is 2.26 bits per heavy atom. The third kappa shape index (κ3) is 3.00. The maximum atomic E-state index is 11.8. The summed E-state index contributed by atoms with van der Waals surface area (Å²) in [4.78, 5) is 29.6. The van der Waals surface area contributed by atoms with Crippen LogP contribution in [0.25, 0.3) is 11.3 Å². The van der Waals surface area contributed by atoms with Crippen molar-refractivity contribution in [3.8, 4) is 11.3 Å². The van der Waals surface area contributed by atoms with Crippen molar-refractivity contribution < 1.29 is 14.7 Å². The average molecular weight is 279 g/mol. The van der Waals surface area contributed by atoms with Crippen LogP contribution in [0.4, 0.5) is 0 Å². The Hall–Kier alpha value is -2.15. The molecule has 7 heteroatoms. The summed E-state index contributed by atoms with van der Waals surface area (Å²) in [7, 11) is 0. The van der Waals surface area contributed by atoms with Gasteiger partial charge in [-0.3, -0.25) is 9.59 Å². The standard InChI is InChI=1S/C12H13N3O3S/c1-6(12(17)18)14-11(16)9-3-8(4-13-9)10-5-19-7(2)15-10/h3-6,13H,1-2H3,(H,14,16)(H,17,18). The Balaban J connectivity index is 2.13. The number of nitrogens with one attached hydrogen (secondary N) is 2. The Morgan fingerprint density at radius 1 is 1.53 bits per heavy atom. The van der Waals surface area contributed by atoms with Gasteiger partial charge in [-0.1, -0.05) is 0 Å². The molecule has 0 saturated heterocycles. The van der Waals surface area contributed by atoms with E-state index in [1.807, 2.05) is 12.3 Å². The van der Waals surface area contributed by atoms with Crippen molar-refractivity contribution in [1.82, 2.24) is 15.3 Å². The number of H-pyrrole nitrogens is 1. The zero-order chi connectivity index (χ0) is 14.0. The van der Waals surface area contributed by atoms with Gasteiger partial charge in [0, 0.05) is 17.1 Å². The highest BCUT2D eigenvalue weighted by molar-refractivity contribution is 7.09. The van der Waals surface area contributed by atoms with Crippen LogP contribution in [0, 0.1) is 6.92 Å². The number of aromatic amines is 1. The predicted octanol–water partition coefficient (Wildman–Crippen LogP) is 1.65. The minimum atomic E-state index is -1.07. The SMILES string of the molecule is Cc1nc(-c2c[nH]c(C(=O)NC(C)C(=O)O)c2)cs1. The van der Waals surface area contributed by atoms with E-state index in [1.54, 1.807) is 12.3 Å².